The van der Waals surface area contributed by atoms with E-state index in [1.807, 2.05) is 60.1 Å². The second-order valence-electron chi connectivity index (χ2n) is 17.1. The first-order chi connectivity index (χ1) is 30.4. The molecule has 0 spiro atoms. The van der Waals surface area contributed by atoms with E-state index < -0.39 is 0 Å². The van der Waals surface area contributed by atoms with Crippen LogP contribution in [0.2, 0.25) is 0 Å². The minimum atomic E-state index is 0.283. The summed E-state index contributed by atoms with van der Waals surface area (Å²) in [6.07, 6.45) is 13.3. The molecule has 15 heteroatoms. The van der Waals surface area contributed by atoms with Gasteiger partial charge in [0.1, 0.15) is 5.82 Å². The van der Waals surface area contributed by atoms with Crippen molar-refractivity contribution in [3.05, 3.63) is 114 Å². The Morgan fingerprint density at radius 3 is 2.11 bits per heavy atom. The third-order valence-electron chi connectivity index (χ3n) is 13.1. The summed E-state index contributed by atoms with van der Waals surface area (Å²) in [6, 6.07) is 23.8. The van der Waals surface area contributed by atoms with Crippen molar-refractivity contribution < 1.29 is 0 Å². The molecule has 0 bridgehead atoms. The fourth-order valence-electron chi connectivity index (χ4n) is 9.46. The number of imidazole rings is 1. The Bertz CT molecular complexity index is 3100. The summed E-state index contributed by atoms with van der Waals surface area (Å²) in [6.45, 7) is 5.03. The second kappa shape index (κ2) is 14.5. The molecule has 3 aliphatic rings. The molecule has 1 atom stereocenters. The van der Waals surface area contributed by atoms with Gasteiger partial charge < -0.3 is 15.6 Å². The highest BCUT2D eigenvalue weighted by Crippen LogP contribution is 2.48. The first-order valence-corrected chi connectivity index (χ1v) is 21.7. The number of aromatic nitrogens is 12. The van der Waals surface area contributed by atoms with Gasteiger partial charge in [-0.1, -0.05) is 36.4 Å². The molecule has 4 aromatic carbocycles. The largest absolute Gasteiger partial charge is 0.345 e. The van der Waals surface area contributed by atoms with Crippen LogP contribution in [0.15, 0.2) is 91.5 Å². The van der Waals surface area contributed by atoms with Gasteiger partial charge in [-0.05, 0) is 103 Å². The fraction of sp³-hybridized carbons (Fsp3) is 0.298. The Labute approximate surface area is 357 Å². The number of fused-ring (bicyclic) bond motifs is 3. The van der Waals surface area contributed by atoms with Gasteiger partial charge in [0, 0.05) is 84.5 Å². The predicted octanol–water partition coefficient (Wildman–Crippen LogP) is 8.76. The molecule has 4 N–H and O–H groups in total. The van der Waals surface area contributed by atoms with E-state index in [1.165, 1.54) is 64.2 Å². The van der Waals surface area contributed by atoms with E-state index in [4.69, 9.17) is 25.3 Å². The van der Waals surface area contributed by atoms with E-state index in [1.54, 1.807) is 6.20 Å². The number of nitrogens with zero attached hydrogens (tertiary/aromatic N) is 11. The van der Waals surface area contributed by atoms with E-state index in [2.05, 4.69) is 96.0 Å². The molecule has 62 heavy (non-hydrogen) atoms. The third kappa shape index (κ3) is 6.51. The molecular weight excluding hydrogens is 775 g/mol. The second-order valence-corrected chi connectivity index (χ2v) is 17.1. The molecule has 1 aliphatic heterocycles. The molecule has 0 radical (unpaired) electrons. The van der Waals surface area contributed by atoms with Crippen LogP contribution in [-0.2, 0) is 27.1 Å². The van der Waals surface area contributed by atoms with Crippen LogP contribution in [0.1, 0.15) is 72.7 Å². The summed E-state index contributed by atoms with van der Waals surface area (Å²) in [5.41, 5.74) is 12.8. The average molecular weight is 822 g/mol. The van der Waals surface area contributed by atoms with Crippen LogP contribution < -0.4 is 10.6 Å². The highest BCUT2D eigenvalue weighted by molar-refractivity contribution is 5.90. The van der Waals surface area contributed by atoms with Crippen LogP contribution in [-0.4, -0.2) is 77.5 Å². The maximum Gasteiger partial charge on any atom is 0.225 e. The van der Waals surface area contributed by atoms with Gasteiger partial charge in [0.05, 0.1) is 30.0 Å². The molecule has 2 saturated carbocycles. The van der Waals surface area contributed by atoms with E-state index >= 15 is 0 Å². The average Bonchev–Trinajstić information content (AvgIpc) is 3.98. The number of rotatable bonds is 12. The Kier molecular flexibility index (Phi) is 8.59. The quantitative estimate of drug-likeness (QED) is 0.0937. The van der Waals surface area contributed by atoms with Gasteiger partial charge >= 0.3 is 0 Å². The van der Waals surface area contributed by atoms with Crippen molar-refractivity contribution in [3.63, 3.8) is 0 Å². The van der Waals surface area contributed by atoms with Crippen LogP contribution in [0.3, 0.4) is 0 Å². The molecule has 310 valence electrons. The highest BCUT2D eigenvalue weighted by atomic mass is 15.4. The number of benzene rings is 4. The molecule has 0 amide bonds. The summed E-state index contributed by atoms with van der Waals surface area (Å²) >= 11 is 0. The number of aromatic amines is 2. The number of anilines is 4. The molecule has 12 rings (SSSR count). The van der Waals surface area contributed by atoms with Crippen molar-refractivity contribution in [2.75, 3.05) is 23.7 Å². The number of hydrogen-bond donors (Lipinski definition) is 4. The molecule has 5 aromatic heterocycles. The number of aryl methyl sites for hydroxylation is 2. The lowest BCUT2D eigenvalue weighted by Crippen LogP contribution is -2.36. The van der Waals surface area contributed by atoms with Crippen molar-refractivity contribution >= 4 is 45.1 Å². The van der Waals surface area contributed by atoms with Crippen LogP contribution in [0.5, 0.6) is 0 Å². The molecular formula is C47H47N15. The van der Waals surface area contributed by atoms with E-state index in [0.717, 1.165) is 77.2 Å². The van der Waals surface area contributed by atoms with E-state index in [9.17, 15) is 0 Å². The summed E-state index contributed by atoms with van der Waals surface area (Å²) in [5.74, 6) is 4.74. The zero-order valence-electron chi connectivity index (χ0n) is 35.0. The van der Waals surface area contributed by atoms with Crippen molar-refractivity contribution in [1.29, 1.82) is 0 Å². The molecule has 15 nitrogen and oxygen atoms in total. The molecule has 1 unspecified atom stereocenters. The van der Waals surface area contributed by atoms with Gasteiger partial charge in [-0.25, -0.2) is 14.3 Å². The molecule has 6 heterocycles. The summed E-state index contributed by atoms with van der Waals surface area (Å²) < 4.78 is 5.84. The van der Waals surface area contributed by atoms with Crippen LogP contribution in [0.25, 0.3) is 56.0 Å². The van der Waals surface area contributed by atoms with E-state index in [-0.39, 0.29) is 6.04 Å². The Balaban J connectivity index is 0.731. The van der Waals surface area contributed by atoms with Crippen molar-refractivity contribution in [2.24, 2.45) is 14.1 Å². The third-order valence-corrected chi connectivity index (χ3v) is 13.1. The summed E-state index contributed by atoms with van der Waals surface area (Å²) in [4.78, 5) is 20.0. The smallest absolute Gasteiger partial charge is 0.225 e. The van der Waals surface area contributed by atoms with Gasteiger partial charge in [-0.15, -0.1) is 10.2 Å². The van der Waals surface area contributed by atoms with Gasteiger partial charge in [0.2, 0.25) is 11.9 Å². The monoisotopic (exact) mass is 821 g/mol. The zero-order chi connectivity index (χ0) is 41.5. The van der Waals surface area contributed by atoms with Gasteiger partial charge in [-0.3, -0.25) is 14.7 Å². The molecule has 9 aromatic rings. The van der Waals surface area contributed by atoms with Crippen molar-refractivity contribution in [3.8, 4) is 34.2 Å². The lowest BCUT2D eigenvalue weighted by atomic mass is 9.91. The lowest BCUT2D eigenvalue weighted by Gasteiger charge is -2.35. The maximum absolute atomic E-state index is 4.99. The molecule has 2 fully saturated rings. The Morgan fingerprint density at radius 2 is 1.40 bits per heavy atom. The Morgan fingerprint density at radius 1 is 0.726 bits per heavy atom. The summed E-state index contributed by atoms with van der Waals surface area (Å²) in [7, 11) is 3.89. The maximum atomic E-state index is 4.99. The predicted molar refractivity (Wildman–Crippen MR) is 240 cm³/mol. The minimum absolute atomic E-state index is 0.283. The standard InChI is InChI=1S/C47H47N15/c1-27-34-13-12-33(45-55-47(60(3)58-45)52-38-15-14-37-35(25-50-56-37)41(38)28-4-5-28)24-32(34)18-21-61(27)22-23-62-40-17-16-39(42(29-6-7-29)36(40)26-51-62)53-46-54-44(57-59(46)2)31-10-8-30(9-11-31)43-48-19-20-49-43/h8-17,19-20,24-29H,4-7,18,21-23H2,1-3H3,(H,48,49)(H,50,56)(H,52,55,58)(H,53,54,57). The van der Waals surface area contributed by atoms with Crippen LogP contribution in [0.4, 0.5) is 23.3 Å². The van der Waals surface area contributed by atoms with Gasteiger partial charge in [0.15, 0.2) is 11.6 Å². The first-order valence-electron chi connectivity index (χ1n) is 21.7. The normalized spacial score (nSPS) is 16.7. The summed E-state index contributed by atoms with van der Waals surface area (Å²) in [5, 5.41) is 31.6. The van der Waals surface area contributed by atoms with Gasteiger partial charge in [-0.2, -0.15) is 20.2 Å². The Hall–Kier alpha value is -7.13. The van der Waals surface area contributed by atoms with Crippen LogP contribution >= 0.6 is 0 Å². The number of hydrogen-bond acceptors (Lipinski definition) is 10. The fourth-order valence-corrected chi connectivity index (χ4v) is 9.46. The lowest BCUT2D eigenvalue weighted by molar-refractivity contribution is 0.189. The van der Waals surface area contributed by atoms with Crippen LogP contribution in [0, 0.1) is 0 Å². The number of nitrogens with one attached hydrogen (secondary N) is 4. The molecule has 2 aliphatic carbocycles. The van der Waals surface area contributed by atoms with Crippen molar-refractivity contribution in [1.82, 2.24) is 64.4 Å². The topological polar surface area (TPSA) is 164 Å². The highest BCUT2D eigenvalue weighted by Gasteiger charge is 2.31. The zero-order valence-corrected chi connectivity index (χ0v) is 35.0. The minimum Gasteiger partial charge on any atom is -0.345 e. The van der Waals surface area contributed by atoms with Crippen molar-refractivity contribution in [2.45, 2.75) is 63.5 Å². The van der Waals surface area contributed by atoms with E-state index in [0.29, 0.717) is 23.6 Å². The first kappa shape index (κ1) is 36.7. The number of H-pyrrole nitrogens is 2. The van der Waals surface area contributed by atoms with Gasteiger partial charge in [0.25, 0.3) is 0 Å². The SMILES string of the molecule is CC1c2ccc(-c3nc(Nc4ccc5[nH]ncc5c4C4CC4)n(C)n3)cc2CCN1CCn1ncc2c(C3CC3)c(Nc3nc(-c4ccc(-c5ncc[nH]5)cc4)nn3C)ccc21. The molecule has 0 saturated heterocycles.